The van der Waals surface area contributed by atoms with Gasteiger partial charge in [0.2, 0.25) is 5.95 Å². The second-order valence-electron chi connectivity index (χ2n) is 9.24. The van der Waals surface area contributed by atoms with Gasteiger partial charge in [-0.2, -0.15) is 4.98 Å². The molecular formula is C29H33N5O2. The fourth-order valence-corrected chi connectivity index (χ4v) is 4.80. The number of ether oxygens (including phenoxy) is 1. The summed E-state index contributed by atoms with van der Waals surface area (Å²) in [6.07, 6.45) is 3.93. The van der Waals surface area contributed by atoms with Gasteiger partial charge in [-0.1, -0.05) is 36.8 Å². The molecule has 0 radical (unpaired) electrons. The van der Waals surface area contributed by atoms with Gasteiger partial charge in [-0.25, -0.2) is 4.98 Å². The largest absolute Gasteiger partial charge is 0.492 e. The highest BCUT2D eigenvalue weighted by Gasteiger charge is 2.15. The minimum Gasteiger partial charge on any atom is -0.492 e. The molecule has 1 aliphatic heterocycles. The molecule has 7 nitrogen and oxygen atoms in total. The van der Waals surface area contributed by atoms with Crippen LogP contribution in [0.25, 0.3) is 22.2 Å². The lowest BCUT2D eigenvalue weighted by Gasteiger charge is -2.26. The van der Waals surface area contributed by atoms with Crippen molar-refractivity contribution in [2.45, 2.75) is 39.7 Å². The fourth-order valence-electron chi connectivity index (χ4n) is 4.80. The van der Waals surface area contributed by atoms with Gasteiger partial charge in [-0.3, -0.25) is 14.3 Å². The molecule has 36 heavy (non-hydrogen) atoms. The van der Waals surface area contributed by atoms with Gasteiger partial charge in [0.1, 0.15) is 18.0 Å². The van der Waals surface area contributed by atoms with Crippen LogP contribution < -0.4 is 15.6 Å². The standard InChI is InChI=1S/C29H33N5O2/c1-3-34-27-25(20-26(28(34)35)22-10-6-4-7-11-22)21(2)30-29(32-27)31-23-12-14-24(15-13-23)36-19-18-33-16-8-5-9-17-33/h4,6-7,10-15,20H,3,5,8-9,16-19H2,1-2H3,(H,30,31,32). The molecular weight excluding hydrogens is 450 g/mol. The maximum absolute atomic E-state index is 13.3. The summed E-state index contributed by atoms with van der Waals surface area (Å²) in [6, 6.07) is 19.5. The van der Waals surface area contributed by atoms with Gasteiger partial charge in [-0.05, 0) is 75.7 Å². The van der Waals surface area contributed by atoms with Gasteiger partial charge in [0, 0.05) is 29.7 Å². The number of hydrogen-bond donors (Lipinski definition) is 1. The molecule has 2 aromatic heterocycles. The van der Waals surface area contributed by atoms with E-state index in [2.05, 4.69) is 15.2 Å². The van der Waals surface area contributed by atoms with E-state index in [4.69, 9.17) is 9.72 Å². The number of nitrogens with one attached hydrogen (secondary N) is 1. The molecule has 4 aromatic rings. The SMILES string of the molecule is CCn1c(=O)c(-c2ccccc2)cc2c(C)nc(Nc3ccc(OCCN4CCCCC4)cc3)nc21. The molecule has 3 heterocycles. The first kappa shape index (κ1) is 24.0. The highest BCUT2D eigenvalue weighted by Crippen LogP contribution is 2.25. The Hall–Kier alpha value is -3.71. The lowest BCUT2D eigenvalue weighted by atomic mass is 10.1. The quantitative estimate of drug-likeness (QED) is 0.362. The van der Waals surface area contributed by atoms with Crippen LogP contribution in [0.4, 0.5) is 11.6 Å². The van der Waals surface area contributed by atoms with Crippen LogP contribution in [0.1, 0.15) is 31.9 Å². The number of rotatable bonds is 8. The molecule has 5 rings (SSSR count). The molecule has 1 aliphatic rings. The van der Waals surface area contributed by atoms with E-state index in [1.54, 1.807) is 4.57 Å². The maximum Gasteiger partial charge on any atom is 0.260 e. The number of piperidine rings is 1. The molecule has 1 N–H and O–H groups in total. The number of anilines is 2. The molecule has 0 aliphatic carbocycles. The number of nitrogens with zero attached hydrogens (tertiary/aromatic N) is 4. The number of pyridine rings is 1. The number of fused-ring (bicyclic) bond motifs is 1. The molecule has 0 amide bonds. The van der Waals surface area contributed by atoms with Crippen LogP contribution in [0, 0.1) is 6.92 Å². The van der Waals surface area contributed by atoms with E-state index in [9.17, 15) is 4.79 Å². The second-order valence-corrected chi connectivity index (χ2v) is 9.24. The van der Waals surface area contributed by atoms with Crippen LogP contribution >= 0.6 is 0 Å². The fraction of sp³-hybridized carbons (Fsp3) is 0.345. The Morgan fingerprint density at radius 1 is 0.972 bits per heavy atom. The Balaban J connectivity index is 1.34. The smallest absolute Gasteiger partial charge is 0.260 e. The van der Waals surface area contributed by atoms with Crippen LogP contribution in [0.5, 0.6) is 5.75 Å². The summed E-state index contributed by atoms with van der Waals surface area (Å²) >= 11 is 0. The van der Waals surface area contributed by atoms with Gasteiger partial charge in [0.05, 0.1) is 5.69 Å². The molecule has 0 spiro atoms. The van der Waals surface area contributed by atoms with E-state index >= 15 is 0 Å². The van der Waals surface area contributed by atoms with Crippen molar-refractivity contribution in [3.8, 4) is 16.9 Å². The molecule has 0 unspecified atom stereocenters. The maximum atomic E-state index is 13.3. The van der Waals surface area contributed by atoms with Gasteiger partial charge in [-0.15, -0.1) is 0 Å². The van der Waals surface area contributed by atoms with Gasteiger partial charge in [0.15, 0.2) is 0 Å². The van der Waals surface area contributed by atoms with E-state index in [1.165, 1.54) is 32.4 Å². The highest BCUT2D eigenvalue weighted by atomic mass is 16.5. The topological polar surface area (TPSA) is 72.3 Å². The van der Waals surface area contributed by atoms with E-state index in [0.717, 1.165) is 34.6 Å². The van der Waals surface area contributed by atoms with E-state index in [1.807, 2.05) is 74.5 Å². The lowest BCUT2D eigenvalue weighted by Crippen LogP contribution is -2.33. The zero-order chi connectivity index (χ0) is 24.9. The third-order valence-electron chi connectivity index (χ3n) is 6.77. The summed E-state index contributed by atoms with van der Waals surface area (Å²) in [5.41, 5.74) is 3.82. The van der Waals surface area contributed by atoms with E-state index in [0.29, 0.717) is 30.3 Å². The molecule has 0 atom stereocenters. The van der Waals surface area contributed by atoms with Crippen LogP contribution in [-0.4, -0.2) is 45.7 Å². The minimum atomic E-state index is -0.0497. The zero-order valence-electron chi connectivity index (χ0n) is 21.0. The second kappa shape index (κ2) is 10.9. The molecule has 186 valence electrons. The molecule has 0 bridgehead atoms. The summed E-state index contributed by atoms with van der Waals surface area (Å²) in [7, 11) is 0. The van der Waals surface area contributed by atoms with Crippen molar-refractivity contribution >= 4 is 22.7 Å². The van der Waals surface area contributed by atoms with Crippen molar-refractivity contribution in [3.05, 3.63) is 76.7 Å². The number of benzene rings is 2. The Morgan fingerprint density at radius 2 is 1.72 bits per heavy atom. The van der Waals surface area contributed by atoms with Crippen LogP contribution in [0.3, 0.4) is 0 Å². The normalized spacial score (nSPS) is 14.2. The summed E-state index contributed by atoms with van der Waals surface area (Å²) in [6.45, 7) is 8.45. The first-order valence-electron chi connectivity index (χ1n) is 12.8. The monoisotopic (exact) mass is 483 g/mol. The first-order chi connectivity index (χ1) is 17.6. The number of aryl methyl sites for hydroxylation is 2. The first-order valence-corrected chi connectivity index (χ1v) is 12.8. The highest BCUT2D eigenvalue weighted by molar-refractivity contribution is 5.84. The van der Waals surface area contributed by atoms with E-state index in [-0.39, 0.29) is 5.56 Å². The van der Waals surface area contributed by atoms with Crippen molar-refractivity contribution < 1.29 is 4.74 Å². The van der Waals surface area contributed by atoms with Crippen molar-refractivity contribution in [1.82, 2.24) is 19.4 Å². The predicted molar refractivity (Wildman–Crippen MR) is 145 cm³/mol. The molecule has 1 fully saturated rings. The number of hydrogen-bond acceptors (Lipinski definition) is 6. The Morgan fingerprint density at radius 3 is 2.44 bits per heavy atom. The summed E-state index contributed by atoms with van der Waals surface area (Å²) < 4.78 is 7.66. The third kappa shape index (κ3) is 5.26. The van der Waals surface area contributed by atoms with E-state index < -0.39 is 0 Å². The summed E-state index contributed by atoms with van der Waals surface area (Å²) in [4.78, 5) is 25.2. The number of likely N-dealkylation sites (tertiary alicyclic amines) is 1. The van der Waals surface area contributed by atoms with Gasteiger partial charge >= 0.3 is 0 Å². The van der Waals surface area contributed by atoms with Crippen molar-refractivity contribution in [2.75, 3.05) is 31.6 Å². The third-order valence-corrected chi connectivity index (χ3v) is 6.77. The molecule has 2 aromatic carbocycles. The summed E-state index contributed by atoms with van der Waals surface area (Å²) in [5.74, 6) is 1.31. The van der Waals surface area contributed by atoms with Crippen molar-refractivity contribution in [3.63, 3.8) is 0 Å². The van der Waals surface area contributed by atoms with Crippen LogP contribution in [-0.2, 0) is 6.54 Å². The Kier molecular flexibility index (Phi) is 7.28. The molecule has 0 saturated carbocycles. The average molecular weight is 484 g/mol. The van der Waals surface area contributed by atoms with Crippen molar-refractivity contribution in [1.29, 1.82) is 0 Å². The molecule has 7 heteroatoms. The zero-order valence-corrected chi connectivity index (χ0v) is 21.0. The lowest BCUT2D eigenvalue weighted by molar-refractivity contribution is 0.183. The minimum absolute atomic E-state index is 0.0497. The van der Waals surface area contributed by atoms with Crippen LogP contribution in [0.2, 0.25) is 0 Å². The average Bonchev–Trinajstić information content (AvgIpc) is 2.91. The van der Waals surface area contributed by atoms with Gasteiger partial charge < -0.3 is 10.1 Å². The molecule has 1 saturated heterocycles. The summed E-state index contributed by atoms with van der Waals surface area (Å²) in [5, 5.41) is 4.16. The number of aromatic nitrogens is 3. The van der Waals surface area contributed by atoms with Crippen molar-refractivity contribution in [2.24, 2.45) is 0 Å². The Labute approximate surface area is 211 Å². The Bertz CT molecular complexity index is 1380. The van der Waals surface area contributed by atoms with Crippen LogP contribution in [0.15, 0.2) is 65.5 Å². The predicted octanol–water partition coefficient (Wildman–Crippen LogP) is 5.40. The van der Waals surface area contributed by atoms with Gasteiger partial charge in [0.25, 0.3) is 5.56 Å².